The summed E-state index contributed by atoms with van der Waals surface area (Å²) < 4.78 is 5.37. The van der Waals surface area contributed by atoms with Crippen LogP contribution in [0.25, 0.3) is 0 Å². The fourth-order valence-corrected chi connectivity index (χ4v) is 2.44. The first-order valence-electron chi connectivity index (χ1n) is 7.46. The molecular weight excluding hydrogens is 272 g/mol. The van der Waals surface area contributed by atoms with Gasteiger partial charge in [-0.1, -0.05) is 0 Å². The van der Waals surface area contributed by atoms with Gasteiger partial charge in [0.1, 0.15) is 0 Å². The minimum absolute atomic E-state index is 0.101. The summed E-state index contributed by atoms with van der Waals surface area (Å²) in [6, 6.07) is 0.446. The molecule has 1 aromatic rings. The maximum absolute atomic E-state index is 9.26. The Kier molecular flexibility index (Phi) is 4.35. The molecule has 0 amide bonds. The Hall–Kier alpha value is -1.67. The van der Waals surface area contributed by atoms with E-state index in [1.807, 2.05) is 0 Å². The third-order valence-corrected chi connectivity index (χ3v) is 3.71. The van der Waals surface area contributed by atoms with Gasteiger partial charge in [-0.15, -0.1) is 0 Å². The predicted octanol–water partition coefficient (Wildman–Crippen LogP) is -0.289. The van der Waals surface area contributed by atoms with Crippen LogP contribution >= 0.6 is 0 Å². The van der Waals surface area contributed by atoms with Crippen molar-refractivity contribution in [1.82, 2.24) is 15.0 Å². The van der Waals surface area contributed by atoms with Crippen LogP contribution < -0.4 is 15.1 Å². The minimum atomic E-state index is 0.101. The molecule has 21 heavy (non-hydrogen) atoms. The number of nitrogens with zero attached hydrogens (tertiary/aromatic N) is 5. The van der Waals surface area contributed by atoms with Crippen molar-refractivity contribution >= 4 is 17.8 Å². The fraction of sp³-hybridized carbons (Fsp3) is 0.769. The fourth-order valence-electron chi connectivity index (χ4n) is 2.44. The van der Waals surface area contributed by atoms with Crippen molar-refractivity contribution in [2.45, 2.75) is 18.9 Å². The summed E-state index contributed by atoms with van der Waals surface area (Å²) in [5.74, 6) is 1.88. The number of rotatable bonds is 6. The van der Waals surface area contributed by atoms with Crippen LogP contribution in [0, 0.1) is 0 Å². The highest BCUT2D eigenvalue weighted by atomic mass is 16.5. The first-order chi connectivity index (χ1) is 10.3. The molecule has 0 bridgehead atoms. The standard InChI is InChI=1S/C13H22N6O2/c1-14-11-15-12(18-5-8-21-9-6-18)17-13(16-11)19(4-7-20)10-2-3-10/h10,20H,2-9H2,1H3,(H,14,15,16,17). The minimum Gasteiger partial charge on any atom is -0.395 e. The average molecular weight is 294 g/mol. The van der Waals surface area contributed by atoms with Crippen molar-refractivity contribution in [2.24, 2.45) is 0 Å². The third kappa shape index (κ3) is 3.33. The van der Waals surface area contributed by atoms with E-state index in [1.165, 1.54) is 0 Å². The van der Waals surface area contributed by atoms with Crippen LogP contribution in [-0.2, 0) is 4.74 Å². The molecule has 8 heteroatoms. The molecule has 0 atom stereocenters. The molecule has 1 aromatic heterocycles. The molecule has 0 radical (unpaired) electrons. The van der Waals surface area contributed by atoms with E-state index in [2.05, 4.69) is 30.1 Å². The van der Waals surface area contributed by atoms with Crippen LogP contribution in [0.2, 0.25) is 0 Å². The molecule has 2 aliphatic rings. The molecule has 1 saturated carbocycles. The molecule has 2 fully saturated rings. The molecule has 2 heterocycles. The van der Waals surface area contributed by atoms with Crippen molar-refractivity contribution < 1.29 is 9.84 Å². The van der Waals surface area contributed by atoms with E-state index in [-0.39, 0.29) is 6.61 Å². The zero-order valence-corrected chi connectivity index (χ0v) is 12.3. The Morgan fingerprint density at radius 3 is 2.67 bits per heavy atom. The molecule has 1 aliphatic carbocycles. The Morgan fingerprint density at radius 2 is 2.05 bits per heavy atom. The number of morpholine rings is 1. The summed E-state index contributed by atoms with van der Waals surface area (Å²) in [6.07, 6.45) is 2.26. The van der Waals surface area contributed by atoms with Gasteiger partial charge in [0, 0.05) is 32.7 Å². The maximum atomic E-state index is 9.26. The molecule has 3 rings (SSSR count). The lowest BCUT2D eigenvalue weighted by Crippen LogP contribution is -2.38. The van der Waals surface area contributed by atoms with Crippen LogP contribution in [0.15, 0.2) is 0 Å². The Bertz CT molecular complexity index is 476. The number of anilines is 3. The van der Waals surface area contributed by atoms with E-state index in [0.29, 0.717) is 43.6 Å². The molecular formula is C13H22N6O2. The van der Waals surface area contributed by atoms with Crippen LogP contribution in [0.3, 0.4) is 0 Å². The first-order valence-corrected chi connectivity index (χ1v) is 7.46. The van der Waals surface area contributed by atoms with Gasteiger partial charge in [-0.25, -0.2) is 0 Å². The van der Waals surface area contributed by atoms with Crippen molar-refractivity contribution in [2.75, 3.05) is 61.6 Å². The Morgan fingerprint density at radius 1 is 1.29 bits per heavy atom. The smallest absolute Gasteiger partial charge is 0.232 e. The number of nitrogens with one attached hydrogen (secondary N) is 1. The van der Waals surface area contributed by atoms with E-state index in [9.17, 15) is 5.11 Å². The van der Waals surface area contributed by atoms with Crippen molar-refractivity contribution in [3.63, 3.8) is 0 Å². The van der Waals surface area contributed by atoms with Crippen molar-refractivity contribution in [1.29, 1.82) is 0 Å². The van der Waals surface area contributed by atoms with Crippen LogP contribution in [0.4, 0.5) is 17.8 Å². The molecule has 2 N–H and O–H groups in total. The van der Waals surface area contributed by atoms with E-state index < -0.39 is 0 Å². The van der Waals surface area contributed by atoms with Gasteiger partial charge in [-0.05, 0) is 12.8 Å². The van der Waals surface area contributed by atoms with E-state index in [1.54, 1.807) is 7.05 Å². The lowest BCUT2D eigenvalue weighted by atomic mass is 10.4. The molecule has 1 saturated heterocycles. The normalized spacial score (nSPS) is 18.7. The van der Waals surface area contributed by atoms with Gasteiger partial charge in [0.15, 0.2) is 0 Å². The molecule has 0 aromatic carbocycles. The van der Waals surface area contributed by atoms with Gasteiger partial charge in [0.2, 0.25) is 17.8 Å². The second kappa shape index (κ2) is 6.40. The number of hydrogen-bond donors (Lipinski definition) is 2. The van der Waals surface area contributed by atoms with E-state index in [4.69, 9.17) is 4.74 Å². The second-order valence-corrected chi connectivity index (χ2v) is 5.26. The summed E-state index contributed by atoms with van der Waals surface area (Å²) in [5.41, 5.74) is 0. The summed E-state index contributed by atoms with van der Waals surface area (Å²) in [4.78, 5) is 17.7. The van der Waals surface area contributed by atoms with Gasteiger partial charge in [0.05, 0.1) is 19.8 Å². The average Bonchev–Trinajstić information content (AvgIpc) is 3.37. The highest BCUT2D eigenvalue weighted by Crippen LogP contribution is 2.30. The van der Waals surface area contributed by atoms with Crippen LogP contribution in [0.5, 0.6) is 0 Å². The van der Waals surface area contributed by atoms with E-state index >= 15 is 0 Å². The van der Waals surface area contributed by atoms with Crippen molar-refractivity contribution in [3.05, 3.63) is 0 Å². The zero-order valence-electron chi connectivity index (χ0n) is 12.3. The first kappa shape index (κ1) is 14.3. The quantitative estimate of drug-likeness (QED) is 0.740. The lowest BCUT2D eigenvalue weighted by molar-refractivity contribution is 0.122. The lowest BCUT2D eigenvalue weighted by Gasteiger charge is -2.28. The molecule has 1 aliphatic heterocycles. The van der Waals surface area contributed by atoms with Gasteiger partial charge in [-0.2, -0.15) is 15.0 Å². The molecule has 0 spiro atoms. The predicted molar refractivity (Wildman–Crippen MR) is 79.9 cm³/mol. The van der Waals surface area contributed by atoms with Crippen LogP contribution in [0.1, 0.15) is 12.8 Å². The highest BCUT2D eigenvalue weighted by Gasteiger charge is 2.31. The number of aliphatic hydroxyl groups is 1. The zero-order chi connectivity index (χ0) is 14.7. The second-order valence-electron chi connectivity index (χ2n) is 5.26. The number of ether oxygens (including phenoxy) is 1. The molecule has 8 nitrogen and oxygen atoms in total. The van der Waals surface area contributed by atoms with Gasteiger partial charge in [0.25, 0.3) is 0 Å². The largest absolute Gasteiger partial charge is 0.395 e. The summed E-state index contributed by atoms with van der Waals surface area (Å²) >= 11 is 0. The summed E-state index contributed by atoms with van der Waals surface area (Å²) in [7, 11) is 1.80. The summed E-state index contributed by atoms with van der Waals surface area (Å²) in [5, 5.41) is 12.3. The SMILES string of the molecule is CNc1nc(N2CCOCC2)nc(N(CCO)C2CC2)n1. The number of aliphatic hydroxyl groups excluding tert-OH is 1. The monoisotopic (exact) mass is 294 g/mol. The number of hydrogen-bond acceptors (Lipinski definition) is 8. The number of aromatic nitrogens is 3. The third-order valence-electron chi connectivity index (χ3n) is 3.71. The summed E-state index contributed by atoms with van der Waals surface area (Å²) in [6.45, 7) is 3.62. The molecule has 116 valence electrons. The Balaban J connectivity index is 1.87. The maximum Gasteiger partial charge on any atom is 0.232 e. The Labute approximate surface area is 124 Å². The van der Waals surface area contributed by atoms with Crippen molar-refractivity contribution in [3.8, 4) is 0 Å². The van der Waals surface area contributed by atoms with Crippen LogP contribution in [-0.4, -0.2) is 72.6 Å². The van der Waals surface area contributed by atoms with E-state index in [0.717, 1.165) is 25.9 Å². The highest BCUT2D eigenvalue weighted by molar-refractivity contribution is 5.46. The van der Waals surface area contributed by atoms with Gasteiger partial charge in [-0.3, -0.25) is 0 Å². The topological polar surface area (TPSA) is 86.6 Å². The van der Waals surface area contributed by atoms with Gasteiger partial charge >= 0.3 is 0 Å². The molecule has 0 unspecified atom stereocenters. The van der Waals surface area contributed by atoms with Gasteiger partial charge < -0.3 is 25.0 Å².